The van der Waals surface area contributed by atoms with E-state index in [0.29, 0.717) is 13.1 Å². The zero-order chi connectivity index (χ0) is 15.5. The van der Waals surface area contributed by atoms with Crippen LogP contribution in [-0.2, 0) is 4.79 Å². The Hall–Kier alpha value is -2.22. The van der Waals surface area contributed by atoms with Gasteiger partial charge in [0.1, 0.15) is 11.2 Å². The van der Waals surface area contributed by atoms with Crippen LogP contribution in [0.15, 0.2) is 24.3 Å². The van der Waals surface area contributed by atoms with Crippen LogP contribution in [0.2, 0.25) is 0 Å². The maximum Gasteiger partial charge on any atom is 0.242 e. The molecule has 0 radical (unpaired) electrons. The largest absolute Gasteiger partial charge is 0.495 e. The molecule has 112 valence electrons. The van der Waals surface area contributed by atoms with Gasteiger partial charge >= 0.3 is 0 Å². The first-order chi connectivity index (χ1) is 9.99. The molecule has 1 amide bonds. The Labute approximate surface area is 125 Å². The van der Waals surface area contributed by atoms with Crippen molar-refractivity contribution in [3.8, 4) is 11.8 Å². The number of piperazine rings is 1. The number of benzene rings is 1. The van der Waals surface area contributed by atoms with E-state index < -0.39 is 5.41 Å². The summed E-state index contributed by atoms with van der Waals surface area (Å²) in [6.45, 7) is 6.08. The Morgan fingerprint density at radius 3 is 2.43 bits per heavy atom. The van der Waals surface area contributed by atoms with Gasteiger partial charge in [-0.2, -0.15) is 5.26 Å². The molecule has 5 heteroatoms. The number of hydrogen-bond acceptors (Lipinski definition) is 4. The van der Waals surface area contributed by atoms with Gasteiger partial charge in [0, 0.05) is 26.2 Å². The van der Waals surface area contributed by atoms with Crippen molar-refractivity contribution in [3.05, 3.63) is 24.3 Å². The van der Waals surface area contributed by atoms with Crippen LogP contribution >= 0.6 is 0 Å². The molecule has 0 spiro atoms. The molecule has 1 aromatic rings. The Balaban J connectivity index is 2.04. The Morgan fingerprint density at radius 1 is 1.24 bits per heavy atom. The van der Waals surface area contributed by atoms with Crippen LogP contribution in [0.25, 0.3) is 0 Å². The van der Waals surface area contributed by atoms with E-state index in [0.717, 1.165) is 24.5 Å². The maximum absolute atomic E-state index is 12.3. The SMILES string of the molecule is COc1ccccc1N1CCN(C(=O)C(C)(C)C#N)CC1. The molecular weight excluding hydrogens is 266 g/mol. The third-order valence-electron chi connectivity index (χ3n) is 3.81. The minimum absolute atomic E-state index is 0.0929. The summed E-state index contributed by atoms with van der Waals surface area (Å²) in [4.78, 5) is 16.3. The molecule has 2 rings (SSSR count). The van der Waals surface area contributed by atoms with Crippen molar-refractivity contribution >= 4 is 11.6 Å². The van der Waals surface area contributed by atoms with E-state index >= 15 is 0 Å². The molecule has 0 N–H and O–H groups in total. The lowest BCUT2D eigenvalue weighted by atomic mass is 9.93. The number of nitriles is 1. The van der Waals surface area contributed by atoms with Crippen molar-refractivity contribution in [2.24, 2.45) is 5.41 Å². The fourth-order valence-electron chi connectivity index (χ4n) is 2.48. The van der Waals surface area contributed by atoms with E-state index in [-0.39, 0.29) is 5.91 Å². The topological polar surface area (TPSA) is 56.6 Å². The number of para-hydroxylation sites is 2. The fraction of sp³-hybridized carbons (Fsp3) is 0.500. The monoisotopic (exact) mass is 287 g/mol. The summed E-state index contributed by atoms with van der Waals surface area (Å²) in [5.74, 6) is 0.749. The molecule has 0 atom stereocenters. The van der Waals surface area contributed by atoms with Gasteiger partial charge in [-0.05, 0) is 26.0 Å². The number of carbonyl (C=O) groups excluding carboxylic acids is 1. The first-order valence-corrected chi connectivity index (χ1v) is 7.08. The van der Waals surface area contributed by atoms with Gasteiger partial charge < -0.3 is 14.5 Å². The molecule has 0 bridgehead atoms. The van der Waals surface area contributed by atoms with Gasteiger partial charge in [-0.25, -0.2) is 0 Å². The highest BCUT2D eigenvalue weighted by Gasteiger charge is 2.33. The minimum Gasteiger partial charge on any atom is -0.495 e. The zero-order valence-electron chi connectivity index (χ0n) is 12.8. The van der Waals surface area contributed by atoms with Crippen molar-refractivity contribution in [2.45, 2.75) is 13.8 Å². The summed E-state index contributed by atoms with van der Waals surface area (Å²) >= 11 is 0. The van der Waals surface area contributed by atoms with Gasteiger partial charge in [-0.15, -0.1) is 0 Å². The second kappa shape index (κ2) is 6.04. The summed E-state index contributed by atoms with van der Waals surface area (Å²) in [6.07, 6.45) is 0. The number of rotatable bonds is 3. The van der Waals surface area contributed by atoms with Crippen LogP contribution < -0.4 is 9.64 Å². The van der Waals surface area contributed by atoms with Crippen LogP contribution in [0.1, 0.15) is 13.8 Å². The minimum atomic E-state index is -0.952. The predicted octanol–water partition coefficient (Wildman–Crippen LogP) is 1.89. The first kappa shape index (κ1) is 15.2. The van der Waals surface area contributed by atoms with Crippen molar-refractivity contribution < 1.29 is 9.53 Å². The summed E-state index contributed by atoms with van der Waals surface area (Å²) in [5.41, 5.74) is 0.0960. The number of anilines is 1. The third kappa shape index (κ3) is 3.10. The molecule has 0 saturated carbocycles. The van der Waals surface area contributed by atoms with Gasteiger partial charge in [-0.3, -0.25) is 4.79 Å². The second-order valence-corrected chi connectivity index (χ2v) is 5.69. The molecular formula is C16H21N3O2. The van der Waals surface area contributed by atoms with Gasteiger partial charge in [-0.1, -0.05) is 12.1 Å². The van der Waals surface area contributed by atoms with Crippen LogP contribution in [-0.4, -0.2) is 44.1 Å². The highest BCUT2D eigenvalue weighted by molar-refractivity contribution is 5.84. The standard InChI is InChI=1S/C16H21N3O2/c1-16(2,12-17)15(20)19-10-8-18(9-11-19)13-6-4-5-7-14(13)21-3/h4-7H,8-11H2,1-3H3. The van der Waals surface area contributed by atoms with Gasteiger partial charge in [0.15, 0.2) is 0 Å². The number of hydrogen-bond donors (Lipinski definition) is 0. The average molecular weight is 287 g/mol. The highest BCUT2D eigenvalue weighted by atomic mass is 16.5. The van der Waals surface area contributed by atoms with E-state index in [9.17, 15) is 4.79 Å². The Morgan fingerprint density at radius 2 is 1.86 bits per heavy atom. The molecule has 0 aliphatic carbocycles. The second-order valence-electron chi connectivity index (χ2n) is 5.69. The molecule has 1 saturated heterocycles. The van der Waals surface area contributed by atoms with Crippen molar-refractivity contribution in [2.75, 3.05) is 38.2 Å². The number of methoxy groups -OCH3 is 1. The van der Waals surface area contributed by atoms with Crippen LogP contribution in [0.4, 0.5) is 5.69 Å². The van der Waals surface area contributed by atoms with Crippen molar-refractivity contribution in [1.82, 2.24) is 4.90 Å². The number of amides is 1. The van der Waals surface area contributed by atoms with E-state index in [2.05, 4.69) is 11.0 Å². The fourth-order valence-corrected chi connectivity index (χ4v) is 2.48. The number of carbonyl (C=O) groups is 1. The summed E-state index contributed by atoms with van der Waals surface area (Å²) in [5, 5.41) is 9.07. The van der Waals surface area contributed by atoms with Crippen molar-refractivity contribution in [3.63, 3.8) is 0 Å². The Bertz CT molecular complexity index is 555. The summed E-state index contributed by atoms with van der Waals surface area (Å²) < 4.78 is 5.38. The lowest BCUT2D eigenvalue weighted by Crippen LogP contribution is -2.52. The van der Waals surface area contributed by atoms with Gasteiger partial charge in [0.25, 0.3) is 0 Å². The average Bonchev–Trinajstić information content (AvgIpc) is 2.54. The molecule has 1 heterocycles. The van der Waals surface area contributed by atoms with Gasteiger partial charge in [0.2, 0.25) is 5.91 Å². The smallest absolute Gasteiger partial charge is 0.242 e. The van der Waals surface area contributed by atoms with E-state index in [1.54, 1.807) is 25.9 Å². The first-order valence-electron chi connectivity index (χ1n) is 7.08. The van der Waals surface area contributed by atoms with Crippen LogP contribution in [0.5, 0.6) is 5.75 Å². The van der Waals surface area contributed by atoms with E-state index in [1.807, 2.05) is 24.3 Å². The number of nitrogens with zero attached hydrogens (tertiary/aromatic N) is 3. The quantitative estimate of drug-likeness (QED) is 0.852. The molecule has 1 aliphatic heterocycles. The molecule has 0 unspecified atom stereocenters. The molecule has 1 aromatic carbocycles. The molecule has 21 heavy (non-hydrogen) atoms. The number of ether oxygens (including phenoxy) is 1. The third-order valence-corrected chi connectivity index (χ3v) is 3.81. The molecule has 0 aromatic heterocycles. The molecule has 1 fully saturated rings. The normalized spacial score (nSPS) is 15.5. The van der Waals surface area contributed by atoms with Gasteiger partial charge in [0.05, 0.1) is 18.9 Å². The maximum atomic E-state index is 12.3. The zero-order valence-corrected chi connectivity index (χ0v) is 12.8. The van der Waals surface area contributed by atoms with E-state index in [1.165, 1.54) is 0 Å². The lowest BCUT2D eigenvalue weighted by Gasteiger charge is -2.38. The van der Waals surface area contributed by atoms with E-state index in [4.69, 9.17) is 10.00 Å². The summed E-state index contributed by atoms with van der Waals surface area (Å²) in [6, 6.07) is 9.96. The lowest BCUT2D eigenvalue weighted by molar-refractivity contribution is -0.137. The van der Waals surface area contributed by atoms with Crippen LogP contribution in [0, 0.1) is 16.7 Å². The van der Waals surface area contributed by atoms with Crippen molar-refractivity contribution in [1.29, 1.82) is 5.26 Å². The predicted molar refractivity (Wildman–Crippen MR) is 81.2 cm³/mol. The molecule has 5 nitrogen and oxygen atoms in total. The van der Waals surface area contributed by atoms with Crippen LogP contribution in [0.3, 0.4) is 0 Å². The Kier molecular flexibility index (Phi) is 4.37. The molecule has 1 aliphatic rings. The highest BCUT2D eigenvalue weighted by Crippen LogP contribution is 2.29. The summed E-state index contributed by atoms with van der Waals surface area (Å²) in [7, 11) is 1.66.